The second kappa shape index (κ2) is 9.71. The molecular weight excluding hydrogens is 468 g/mol. The van der Waals surface area contributed by atoms with Crippen molar-refractivity contribution in [3.8, 4) is 0 Å². The molecule has 3 aliphatic rings. The number of hydrogen-bond donors (Lipinski definition) is 2. The summed E-state index contributed by atoms with van der Waals surface area (Å²) in [4.78, 5) is 77.5. The average molecular weight is 499 g/mol. The van der Waals surface area contributed by atoms with Gasteiger partial charge in [-0.3, -0.25) is 29.5 Å². The fourth-order valence-electron chi connectivity index (χ4n) is 4.97. The number of benzene rings is 1. The summed E-state index contributed by atoms with van der Waals surface area (Å²) >= 11 is 0. The van der Waals surface area contributed by atoms with Crippen molar-refractivity contribution in [3.63, 3.8) is 0 Å². The van der Waals surface area contributed by atoms with Crippen LogP contribution in [0, 0.1) is 11.8 Å². The Hall–Kier alpha value is -3.76. The van der Waals surface area contributed by atoms with Crippen LogP contribution in [0.2, 0.25) is 0 Å². The van der Waals surface area contributed by atoms with E-state index in [1.54, 1.807) is 26.0 Å². The Morgan fingerprint density at radius 2 is 1.69 bits per heavy atom. The number of carbonyl (C=O) groups excluding carboxylic acids is 6. The van der Waals surface area contributed by atoms with Crippen molar-refractivity contribution in [1.29, 1.82) is 0 Å². The van der Waals surface area contributed by atoms with E-state index >= 15 is 0 Å². The van der Waals surface area contributed by atoms with E-state index in [1.165, 1.54) is 12.1 Å². The maximum atomic E-state index is 13.0. The topological polar surface area (TPSA) is 142 Å². The second-order valence-corrected chi connectivity index (χ2v) is 9.83. The number of rotatable bonds is 7. The van der Waals surface area contributed by atoms with Crippen LogP contribution in [0.25, 0.3) is 0 Å². The van der Waals surface area contributed by atoms with Gasteiger partial charge in [-0.25, -0.2) is 9.59 Å². The lowest BCUT2D eigenvalue weighted by Gasteiger charge is -2.33. The van der Waals surface area contributed by atoms with Crippen LogP contribution in [0.5, 0.6) is 0 Å². The number of hydrogen-bond acceptors (Lipinski definition) is 7. The van der Waals surface area contributed by atoms with Crippen molar-refractivity contribution < 1.29 is 33.5 Å². The predicted octanol–water partition coefficient (Wildman–Crippen LogP) is 1.77. The summed E-state index contributed by atoms with van der Waals surface area (Å²) < 4.78 is 5.16. The Morgan fingerprint density at radius 3 is 2.25 bits per heavy atom. The van der Waals surface area contributed by atoms with Crippen molar-refractivity contribution in [1.82, 2.24) is 20.7 Å². The summed E-state index contributed by atoms with van der Waals surface area (Å²) in [6.45, 7) is 4.79. The van der Waals surface area contributed by atoms with Crippen LogP contribution >= 0.6 is 0 Å². The summed E-state index contributed by atoms with van der Waals surface area (Å²) in [6, 6.07) is 4.31. The van der Waals surface area contributed by atoms with Gasteiger partial charge in [0, 0.05) is 0 Å². The van der Waals surface area contributed by atoms with E-state index in [-0.39, 0.29) is 11.1 Å². The highest BCUT2D eigenvalue weighted by molar-refractivity contribution is 6.22. The van der Waals surface area contributed by atoms with Crippen LogP contribution in [0.4, 0.5) is 4.79 Å². The first-order valence-electron chi connectivity index (χ1n) is 12.2. The molecule has 0 radical (unpaired) electrons. The first kappa shape index (κ1) is 25.3. The summed E-state index contributed by atoms with van der Waals surface area (Å²) in [5.74, 6) is -3.56. The molecule has 1 aromatic rings. The average Bonchev–Trinajstić information content (AvgIpc) is 3.25. The van der Waals surface area contributed by atoms with Crippen LogP contribution in [0.3, 0.4) is 0 Å². The first-order valence-corrected chi connectivity index (χ1v) is 12.2. The smallest absolute Gasteiger partial charge is 0.344 e. The number of amides is 6. The molecular formula is C25H30N4O7. The van der Waals surface area contributed by atoms with Gasteiger partial charge >= 0.3 is 12.0 Å². The van der Waals surface area contributed by atoms with E-state index in [0.29, 0.717) is 30.2 Å². The fraction of sp³-hybridized carbons (Fsp3) is 0.520. The normalized spacial score (nSPS) is 25.0. The lowest BCUT2D eigenvalue weighted by molar-refractivity contribution is -0.155. The van der Waals surface area contributed by atoms with Crippen LogP contribution in [0.1, 0.15) is 73.6 Å². The Balaban J connectivity index is 1.40. The van der Waals surface area contributed by atoms with E-state index in [1.807, 2.05) is 0 Å². The van der Waals surface area contributed by atoms with Gasteiger partial charge in [0.2, 0.25) is 0 Å². The fourth-order valence-corrected chi connectivity index (χ4v) is 4.97. The highest BCUT2D eigenvalue weighted by Gasteiger charge is 2.53. The van der Waals surface area contributed by atoms with Gasteiger partial charge in [0.25, 0.3) is 23.6 Å². The number of urea groups is 1. The molecule has 2 N–H and O–H groups in total. The van der Waals surface area contributed by atoms with Crippen LogP contribution in [-0.4, -0.2) is 63.7 Å². The van der Waals surface area contributed by atoms with E-state index < -0.39 is 59.7 Å². The van der Waals surface area contributed by atoms with Crippen molar-refractivity contribution in [3.05, 3.63) is 35.4 Å². The van der Waals surface area contributed by atoms with Crippen molar-refractivity contribution in [2.24, 2.45) is 11.8 Å². The zero-order valence-electron chi connectivity index (χ0n) is 20.5. The molecule has 1 saturated heterocycles. The monoisotopic (exact) mass is 498 g/mol. The zero-order valence-corrected chi connectivity index (χ0v) is 20.5. The Kier molecular flexibility index (Phi) is 6.83. The molecule has 0 unspecified atom stereocenters. The molecule has 0 aromatic heterocycles. The van der Waals surface area contributed by atoms with Gasteiger partial charge in [0.15, 0.2) is 6.61 Å². The SMILES string of the molecule is CC[C@H](C)[C@@H](C(=O)OCC(=O)NN1C(=O)NC2(CCC(C)CC2)C1=O)N1C(=O)c2ccccc2C1=O. The molecule has 0 bridgehead atoms. The molecule has 2 fully saturated rings. The van der Waals surface area contributed by atoms with Gasteiger partial charge in [0.1, 0.15) is 11.6 Å². The Labute approximate surface area is 208 Å². The Morgan fingerprint density at radius 1 is 1.11 bits per heavy atom. The molecule has 2 heterocycles. The summed E-state index contributed by atoms with van der Waals surface area (Å²) in [6.07, 6.45) is 2.98. The third kappa shape index (κ3) is 4.33. The number of imide groups is 2. The van der Waals surface area contributed by atoms with Crippen molar-refractivity contribution in [2.75, 3.05) is 6.61 Å². The molecule has 11 nitrogen and oxygen atoms in total. The minimum Gasteiger partial charge on any atom is -0.454 e. The van der Waals surface area contributed by atoms with Gasteiger partial charge in [-0.2, -0.15) is 5.01 Å². The highest BCUT2D eigenvalue weighted by Crippen LogP contribution is 2.36. The maximum Gasteiger partial charge on any atom is 0.344 e. The van der Waals surface area contributed by atoms with Crippen molar-refractivity contribution >= 4 is 35.6 Å². The number of nitrogens with zero attached hydrogens (tertiary/aromatic N) is 2. The molecule has 1 spiro atoms. The molecule has 36 heavy (non-hydrogen) atoms. The molecule has 2 atom stereocenters. The number of nitrogens with one attached hydrogen (secondary N) is 2. The standard InChI is InChI=1S/C25H30N4O7/c1-4-15(3)19(28-20(31)16-7-5-6-8-17(16)21(28)32)22(33)36-13-18(30)27-29-23(34)25(26-24(29)35)11-9-14(2)10-12-25/h5-8,14-15,19H,4,9-13H2,1-3H3,(H,26,35)(H,27,30)/t14?,15-,19-,25?/m0/s1. The quantitative estimate of drug-likeness (QED) is 0.331. The van der Waals surface area contributed by atoms with E-state index in [0.717, 1.165) is 17.7 Å². The predicted molar refractivity (Wildman–Crippen MR) is 125 cm³/mol. The number of hydrazine groups is 1. The minimum absolute atomic E-state index is 0.200. The van der Waals surface area contributed by atoms with Crippen LogP contribution in [-0.2, 0) is 19.1 Å². The van der Waals surface area contributed by atoms with Crippen LogP contribution < -0.4 is 10.7 Å². The number of carbonyl (C=O) groups is 6. The molecule has 11 heteroatoms. The van der Waals surface area contributed by atoms with Gasteiger partial charge in [-0.15, -0.1) is 0 Å². The van der Waals surface area contributed by atoms with E-state index in [4.69, 9.17) is 4.74 Å². The van der Waals surface area contributed by atoms with Crippen LogP contribution in [0.15, 0.2) is 24.3 Å². The van der Waals surface area contributed by atoms with Gasteiger partial charge in [0.05, 0.1) is 11.1 Å². The summed E-state index contributed by atoms with van der Waals surface area (Å²) in [5.41, 5.74) is 1.58. The third-order valence-corrected chi connectivity index (χ3v) is 7.40. The lowest BCUT2D eigenvalue weighted by Crippen LogP contribution is -2.52. The maximum absolute atomic E-state index is 13.0. The summed E-state index contributed by atoms with van der Waals surface area (Å²) in [7, 11) is 0. The zero-order chi connectivity index (χ0) is 26.2. The summed E-state index contributed by atoms with van der Waals surface area (Å²) in [5, 5.41) is 3.32. The van der Waals surface area contributed by atoms with E-state index in [9.17, 15) is 28.8 Å². The molecule has 2 aliphatic heterocycles. The first-order chi connectivity index (χ1) is 17.1. The third-order valence-electron chi connectivity index (χ3n) is 7.40. The number of fused-ring (bicyclic) bond motifs is 1. The van der Waals surface area contributed by atoms with Gasteiger partial charge in [-0.1, -0.05) is 39.3 Å². The Bertz CT molecular complexity index is 1090. The van der Waals surface area contributed by atoms with E-state index in [2.05, 4.69) is 17.7 Å². The lowest BCUT2D eigenvalue weighted by atomic mass is 9.77. The molecule has 192 valence electrons. The molecule has 1 saturated carbocycles. The van der Waals surface area contributed by atoms with Crippen molar-refractivity contribution in [2.45, 2.75) is 64.5 Å². The number of esters is 1. The van der Waals surface area contributed by atoms with Gasteiger partial charge in [-0.05, 0) is 49.7 Å². The molecule has 4 rings (SSSR count). The van der Waals surface area contributed by atoms with Gasteiger partial charge < -0.3 is 10.1 Å². The molecule has 1 aliphatic carbocycles. The second-order valence-electron chi connectivity index (χ2n) is 9.83. The largest absolute Gasteiger partial charge is 0.454 e. The minimum atomic E-state index is -1.24. The number of ether oxygens (including phenoxy) is 1. The molecule has 1 aromatic carbocycles. The highest BCUT2D eigenvalue weighted by atomic mass is 16.5. The molecule has 6 amide bonds.